The van der Waals surface area contributed by atoms with Crippen LogP contribution in [0.3, 0.4) is 0 Å². The molecule has 0 radical (unpaired) electrons. The van der Waals surface area contributed by atoms with Crippen LogP contribution in [0.1, 0.15) is 49.8 Å². The van der Waals surface area contributed by atoms with E-state index in [0.29, 0.717) is 17.7 Å². The fourth-order valence-corrected chi connectivity index (χ4v) is 3.80. The first-order valence-corrected chi connectivity index (χ1v) is 11.4. The van der Waals surface area contributed by atoms with E-state index in [1.807, 2.05) is 0 Å². The molecular weight excluding hydrogens is 517 g/mol. The van der Waals surface area contributed by atoms with Gasteiger partial charge in [0.2, 0.25) is 11.8 Å². The highest BCUT2D eigenvalue weighted by molar-refractivity contribution is 5.68. The second-order valence-corrected chi connectivity index (χ2v) is 9.25. The van der Waals surface area contributed by atoms with Crippen molar-refractivity contribution in [3.63, 3.8) is 0 Å². The van der Waals surface area contributed by atoms with Crippen molar-refractivity contribution in [2.24, 2.45) is 0 Å². The fraction of sp³-hybridized carbons (Fsp3) is 0.375. The van der Waals surface area contributed by atoms with E-state index in [2.05, 4.69) is 20.5 Å². The molecular formula is C24H22F5N5O4. The molecule has 1 atom stereocenters. The Bertz CT molecular complexity index is 1340. The van der Waals surface area contributed by atoms with Crippen LogP contribution in [0.4, 0.5) is 33.5 Å². The number of nitrogens with one attached hydrogen (secondary N) is 1. The number of aromatic nitrogens is 3. The van der Waals surface area contributed by atoms with Gasteiger partial charge in [-0.3, -0.25) is 10.1 Å². The summed E-state index contributed by atoms with van der Waals surface area (Å²) in [6.45, 7) is 2.83. The number of anilines is 1. The maximum absolute atomic E-state index is 15.3. The third-order valence-corrected chi connectivity index (χ3v) is 5.71. The van der Waals surface area contributed by atoms with Crippen molar-refractivity contribution in [1.29, 1.82) is 0 Å². The molecule has 0 spiro atoms. The summed E-state index contributed by atoms with van der Waals surface area (Å²) >= 11 is 0. The number of benzene rings is 1. The van der Waals surface area contributed by atoms with Gasteiger partial charge in [0.15, 0.2) is 0 Å². The van der Waals surface area contributed by atoms with Gasteiger partial charge in [0.05, 0.1) is 11.5 Å². The third-order valence-electron chi connectivity index (χ3n) is 5.71. The molecule has 1 aliphatic heterocycles. The van der Waals surface area contributed by atoms with E-state index in [9.17, 15) is 23.3 Å². The van der Waals surface area contributed by atoms with E-state index in [1.165, 1.54) is 6.08 Å². The lowest BCUT2D eigenvalue weighted by Gasteiger charge is -2.28. The molecule has 3 heterocycles. The Morgan fingerprint density at radius 1 is 1.21 bits per heavy atom. The van der Waals surface area contributed by atoms with Crippen LogP contribution in [0.25, 0.3) is 11.6 Å². The van der Waals surface area contributed by atoms with E-state index in [1.54, 1.807) is 44.2 Å². The van der Waals surface area contributed by atoms with Crippen LogP contribution in [-0.2, 0) is 17.5 Å². The van der Waals surface area contributed by atoms with Crippen LogP contribution in [0.5, 0.6) is 0 Å². The normalized spacial score (nSPS) is 19.7. The van der Waals surface area contributed by atoms with Crippen molar-refractivity contribution >= 4 is 11.5 Å². The summed E-state index contributed by atoms with van der Waals surface area (Å²) in [5, 5.41) is 21.5. The molecule has 1 aliphatic rings. The maximum atomic E-state index is 15.3. The Morgan fingerprint density at radius 3 is 2.58 bits per heavy atom. The standard InChI is InChI=1S/C24H22F5N5O4/c1-22(2)10-6-7-11-23(25,26)18(37-13-14-8-4-3-5-9-14)21-33-32-20(38-21)17-16(34(35)36)12-15(24(27,28)29)19(30-17)31-22/h3-5,7-9,11-12,18H,6,10,13H2,1-2H3,(H,30,31)/b11-7+. The molecule has 1 aromatic carbocycles. The topological polar surface area (TPSA) is 116 Å². The van der Waals surface area contributed by atoms with Crippen LogP contribution in [0.2, 0.25) is 0 Å². The summed E-state index contributed by atoms with van der Waals surface area (Å²) in [5.41, 5.74) is -3.68. The molecule has 1 N–H and O–H groups in total. The second-order valence-electron chi connectivity index (χ2n) is 9.25. The summed E-state index contributed by atoms with van der Waals surface area (Å²) in [6, 6.07) is 8.73. The lowest BCUT2D eigenvalue weighted by Crippen LogP contribution is -2.32. The number of pyridine rings is 1. The van der Waals surface area contributed by atoms with Gasteiger partial charge in [0.1, 0.15) is 11.4 Å². The van der Waals surface area contributed by atoms with Crippen LogP contribution >= 0.6 is 0 Å². The molecule has 0 amide bonds. The van der Waals surface area contributed by atoms with Crippen LogP contribution in [0.15, 0.2) is 53.0 Å². The molecule has 4 bridgehead atoms. The Morgan fingerprint density at radius 2 is 1.92 bits per heavy atom. The minimum Gasteiger partial charge on any atom is -0.416 e. The predicted molar refractivity (Wildman–Crippen MR) is 124 cm³/mol. The second kappa shape index (κ2) is 10.1. The van der Waals surface area contributed by atoms with Crippen molar-refractivity contribution in [3.8, 4) is 11.6 Å². The Balaban J connectivity index is 1.87. The summed E-state index contributed by atoms with van der Waals surface area (Å²) in [6.07, 6.45) is -5.11. The van der Waals surface area contributed by atoms with Crippen LogP contribution in [-0.4, -0.2) is 31.6 Å². The lowest BCUT2D eigenvalue weighted by atomic mass is 9.97. The summed E-state index contributed by atoms with van der Waals surface area (Å²) in [5.74, 6) is -5.80. The fourth-order valence-electron chi connectivity index (χ4n) is 3.80. The summed E-state index contributed by atoms with van der Waals surface area (Å²) in [4.78, 5) is 14.4. The molecule has 0 fully saturated rings. The Kier molecular flexibility index (Phi) is 7.19. The van der Waals surface area contributed by atoms with Crippen molar-refractivity contribution in [1.82, 2.24) is 15.2 Å². The third kappa shape index (κ3) is 5.96. The number of nitrogens with zero attached hydrogens (tertiary/aromatic N) is 4. The predicted octanol–water partition coefficient (Wildman–Crippen LogP) is 6.49. The smallest absolute Gasteiger partial charge is 0.416 e. The van der Waals surface area contributed by atoms with Gasteiger partial charge in [-0.15, -0.1) is 10.2 Å². The van der Waals surface area contributed by atoms with Gasteiger partial charge in [-0.2, -0.15) is 22.0 Å². The van der Waals surface area contributed by atoms with Crippen LogP contribution < -0.4 is 5.32 Å². The zero-order valence-electron chi connectivity index (χ0n) is 20.1. The Hall–Kier alpha value is -3.94. The molecule has 1 unspecified atom stereocenters. The number of hydrogen-bond donors (Lipinski definition) is 1. The van der Waals surface area contributed by atoms with Crippen molar-refractivity contribution < 1.29 is 36.0 Å². The molecule has 0 saturated carbocycles. The van der Waals surface area contributed by atoms with E-state index < -0.39 is 63.2 Å². The van der Waals surface area contributed by atoms with Crippen molar-refractivity contribution in [2.45, 2.75) is 57.0 Å². The van der Waals surface area contributed by atoms with E-state index in [-0.39, 0.29) is 19.4 Å². The Labute approximate surface area is 212 Å². The number of fused-ring (bicyclic) bond motifs is 5. The number of alkyl halides is 5. The first-order valence-electron chi connectivity index (χ1n) is 11.4. The quantitative estimate of drug-likeness (QED) is 0.173. The average Bonchev–Trinajstić information content (AvgIpc) is 3.30. The first kappa shape index (κ1) is 27.1. The molecule has 38 heavy (non-hydrogen) atoms. The van der Waals surface area contributed by atoms with Crippen LogP contribution in [0, 0.1) is 10.1 Å². The zero-order chi connectivity index (χ0) is 27.7. The zero-order valence-corrected chi connectivity index (χ0v) is 20.1. The molecule has 202 valence electrons. The summed E-state index contributed by atoms with van der Waals surface area (Å²) < 4.78 is 82.9. The van der Waals surface area contributed by atoms with Gasteiger partial charge in [-0.05, 0) is 38.3 Å². The highest BCUT2D eigenvalue weighted by Gasteiger charge is 2.44. The van der Waals surface area contributed by atoms with Gasteiger partial charge in [-0.25, -0.2) is 4.98 Å². The van der Waals surface area contributed by atoms with Gasteiger partial charge in [0, 0.05) is 11.6 Å². The van der Waals surface area contributed by atoms with E-state index >= 15 is 8.78 Å². The minimum atomic E-state index is -4.99. The molecule has 4 rings (SSSR count). The number of allylic oxidation sites excluding steroid dienone is 1. The average molecular weight is 539 g/mol. The number of nitro groups is 1. The van der Waals surface area contributed by atoms with Gasteiger partial charge < -0.3 is 14.5 Å². The monoisotopic (exact) mass is 539 g/mol. The first-order chi connectivity index (χ1) is 17.8. The number of ether oxygens (including phenoxy) is 1. The largest absolute Gasteiger partial charge is 0.420 e. The van der Waals surface area contributed by atoms with Gasteiger partial charge >= 0.3 is 17.8 Å². The summed E-state index contributed by atoms with van der Waals surface area (Å²) in [7, 11) is 0. The highest BCUT2D eigenvalue weighted by Crippen LogP contribution is 2.42. The van der Waals surface area contributed by atoms with E-state index in [0.717, 1.165) is 0 Å². The van der Waals surface area contributed by atoms with Gasteiger partial charge in [-0.1, -0.05) is 36.4 Å². The molecule has 9 nitrogen and oxygen atoms in total. The number of rotatable bonds is 4. The molecule has 3 aromatic rings. The number of halogens is 5. The molecule has 2 aromatic heterocycles. The maximum Gasteiger partial charge on any atom is 0.420 e. The minimum absolute atomic E-state index is 0.0528. The lowest BCUT2D eigenvalue weighted by molar-refractivity contribution is -0.384. The molecule has 0 saturated heterocycles. The van der Waals surface area contributed by atoms with Crippen molar-refractivity contribution in [2.75, 3.05) is 5.32 Å². The van der Waals surface area contributed by atoms with Gasteiger partial charge in [0.25, 0.3) is 11.8 Å². The molecule has 0 aliphatic carbocycles. The number of hydrogen-bond acceptors (Lipinski definition) is 8. The molecule has 14 heteroatoms. The SMILES string of the molecule is CC1(C)CC/C=C/C(F)(F)C(OCc2ccccc2)c2nnc(o2)-c2nc(c(C(F)(F)F)cc2[N+](=O)[O-])N1. The van der Waals surface area contributed by atoms with E-state index in [4.69, 9.17) is 9.15 Å². The highest BCUT2D eigenvalue weighted by atomic mass is 19.4. The van der Waals surface area contributed by atoms with Crippen molar-refractivity contribution in [3.05, 3.63) is 75.7 Å².